The fourth-order valence-corrected chi connectivity index (χ4v) is 3.11. The summed E-state index contributed by atoms with van der Waals surface area (Å²) in [6.45, 7) is 2.70. The Balaban J connectivity index is 1.83. The maximum atomic E-state index is 12.6. The van der Waals surface area contributed by atoms with Gasteiger partial charge in [0.1, 0.15) is 35.4 Å². The Morgan fingerprint density at radius 3 is 1.50 bits per heavy atom. The fourth-order valence-electron chi connectivity index (χ4n) is 3.11. The highest BCUT2D eigenvalue weighted by molar-refractivity contribution is 5.52. The molecule has 1 heterocycles. The van der Waals surface area contributed by atoms with Gasteiger partial charge in [-0.3, -0.25) is 9.59 Å². The van der Waals surface area contributed by atoms with E-state index in [0.717, 1.165) is 24.2 Å². The summed E-state index contributed by atoms with van der Waals surface area (Å²) >= 11 is 0. The molecule has 0 amide bonds. The standard InChI is InChI=1S/C26H32N4O4/c1-29(2)11-13-33-21-9-5-7-19(15-21)17-23-25(31)28-24(26(32)27-23)18-20-8-6-10-22(16-20)34-14-12-30(3)4/h5-10,15-18H,11-14H2,1-4H3,(H,27,32)(H,28,31)/b23-17-,24-18-. The first-order chi connectivity index (χ1) is 16.3. The highest BCUT2D eigenvalue weighted by Gasteiger charge is 2.01. The molecule has 0 aliphatic rings. The van der Waals surface area contributed by atoms with E-state index in [1.807, 2.05) is 86.5 Å². The van der Waals surface area contributed by atoms with E-state index >= 15 is 0 Å². The van der Waals surface area contributed by atoms with E-state index in [-0.39, 0.29) is 21.8 Å². The summed E-state index contributed by atoms with van der Waals surface area (Å²) in [6.07, 6.45) is 3.25. The van der Waals surface area contributed by atoms with Crippen LogP contribution >= 0.6 is 0 Å². The number of H-pyrrole nitrogens is 2. The smallest absolute Gasteiger partial charge is 0.272 e. The van der Waals surface area contributed by atoms with Crippen LogP contribution in [0, 0.1) is 0 Å². The zero-order valence-electron chi connectivity index (χ0n) is 20.1. The maximum Gasteiger partial charge on any atom is 0.272 e. The predicted molar refractivity (Wildman–Crippen MR) is 135 cm³/mol. The molecule has 2 N–H and O–H groups in total. The molecular formula is C26H32N4O4. The minimum atomic E-state index is -0.386. The molecule has 2 aromatic carbocycles. The van der Waals surface area contributed by atoms with Crippen molar-refractivity contribution in [3.05, 3.63) is 91.1 Å². The van der Waals surface area contributed by atoms with Gasteiger partial charge in [0, 0.05) is 13.1 Å². The number of benzene rings is 2. The molecule has 8 heteroatoms. The van der Waals surface area contributed by atoms with Crippen LogP contribution in [-0.2, 0) is 0 Å². The van der Waals surface area contributed by atoms with Crippen molar-refractivity contribution in [3.8, 4) is 11.5 Å². The van der Waals surface area contributed by atoms with E-state index in [2.05, 4.69) is 9.97 Å². The molecular weight excluding hydrogens is 432 g/mol. The van der Waals surface area contributed by atoms with Gasteiger partial charge in [-0.1, -0.05) is 24.3 Å². The van der Waals surface area contributed by atoms with E-state index in [0.29, 0.717) is 24.7 Å². The lowest BCUT2D eigenvalue weighted by atomic mass is 10.2. The second kappa shape index (κ2) is 12.0. The molecule has 0 saturated carbocycles. The lowest BCUT2D eigenvalue weighted by Gasteiger charge is -2.11. The summed E-state index contributed by atoms with van der Waals surface area (Å²) in [6, 6.07) is 14.8. The van der Waals surface area contributed by atoms with Gasteiger partial charge in [-0.15, -0.1) is 0 Å². The van der Waals surface area contributed by atoms with Crippen molar-refractivity contribution in [3.63, 3.8) is 0 Å². The largest absolute Gasteiger partial charge is 0.492 e. The number of nitrogens with zero attached hydrogens (tertiary/aromatic N) is 2. The third kappa shape index (κ3) is 7.75. The molecule has 0 fully saturated rings. The molecule has 34 heavy (non-hydrogen) atoms. The number of likely N-dealkylation sites (N-methyl/N-ethyl adjacent to an activating group) is 2. The number of ether oxygens (including phenoxy) is 2. The Labute approximate surface area is 198 Å². The highest BCUT2D eigenvalue weighted by Crippen LogP contribution is 2.14. The molecule has 0 bridgehead atoms. The molecule has 180 valence electrons. The summed E-state index contributed by atoms with van der Waals surface area (Å²) in [5.41, 5.74) is 0.733. The van der Waals surface area contributed by atoms with Gasteiger partial charge in [-0.2, -0.15) is 0 Å². The molecule has 0 spiro atoms. The van der Waals surface area contributed by atoms with Crippen LogP contribution in [0.4, 0.5) is 0 Å². The lowest BCUT2D eigenvalue weighted by Crippen LogP contribution is -2.46. The molecule has 0 aliphatic carbocycles. The van der Waals surface area contributed by atoms with E-state index in [9.17, 15) is 9.59 Å². The molecule has 3 rings (SSSR count). The van der Waals surface area contributed by atoms with Crippen LogP contribution in [0.3, 0.4) is 0 Å². The van der Waals surface area contributed by atoms with Crippen LogP contribution in [0.25, 0.3) is 12.2 Å². The van der Waals surface area contributed by atoms with Crippen molar-refractivity contribution in [2.45, 2.75) is 0 Å². The lowest BCUT2D eigenvalue weighted by molar-refractivity contribution is 0.261. The van der Waals surface area contributed by atoms with Gasteiger partial charge in [0.25, 0.3) is 11.1 Å². The monoisotopic (exact) mass is 464 g/mol. The van der Waals surface area contributed by atoms with Gasteiger partial charge in [0.15, 0.2) is 0 Å². The topological polar surface area (TPSA) is 90.7 Å². The first-order valence-corrected chi connectivity index (χ1v) is 11.1. The van der Waals surface area contributed by atoms with Crippen LogP contribution in [0.5, 0.6) is 11.5 Å². The second-order valence-corrected chi connectivity index (χ2v) is 8.47. The van der Waals surface area contributed by atoms with Crippen LogP contribution in [0.2, 0.25) is 0 Å². The number of hydrogen-bond acceptors (Lipinski definition) is 6. The van der Waals surface area contributed by atoms with E-state index in [1.165, 1.54) is 0 Å². The fraction of sp³-hybridized carbons (Fsp3) is 0.308. The first-order valence-electron chi connectivity index (χ1n) is 11.1. The summed E-state index contributed by atoms with van der Waals surface area (Å²) in [4.78, 5) is 34.7. The Kier molecular flexibility index (Phi) is 8.84. The maximum absolute atomic E-state index is 12.6. The normalized spacial score (nSPS) is 12.5. The summed E-state index contributed by atoms with van der Waals surface area (Å²) in [7, 11) is 7.92. The van der Waals surface area contributed by atoms with Crippen molar-refractivity contribution in [2.75, 3.05) is 54.5 Å². The summed E-state index contributed by atoms with van der Waals surface area (Å²) in [5.74, 6) is 1.40. The Morgan fingerprint density at radius 2 is 1.12 bits per heavy atom. The van der Waals surface area contributed by atoms with Crippen molar-refractivity contribution >= 4 is 12.2 Å². The summed E-state index contributed by atoms with van der Waals surface area (Å²) < 4.78 is 11.5. The van der Waals surface area contributed by atoms with Gasteiger partial charge in [0.2, 0.25) is 0 Å². The zero-order chi connectivity index (χ0) is 24.5. The number of hydrogen-bond donors (Lipinski definition) is 2. The second-order valence-electron chi connectivity index (χ2n) is 8.47. The third-order valence-electron chi connectivity index (χ3n) is 4.94. The number of rotatable bonds is 10. The van der Waals surface area contributed by atoms with Crippen molar-refractivity contribution in [1.82, 2.24) is 19.8 Å². The molecule has 3 aromatic rings. The van der Waals surface area contributed by atoms with Crippen LogP contribution in [0.15, 0.2) is 58.1 Å². The van der Waals surface area contributed by atoms with E-state index in [4.69, 9.17) is 9.47 Å². The first kappa shape index (κ1) is 25.0. The van der Waals surface area contributed by atoms with Crippen molar-refractivity contribution in [1.29, 1.82) is 0 Å². The summed E-state index contributed by atoms with van der Waals surface area (Å²) in [5, 5.41) is 0.349. The van der Waals surface area contributed by atoms with Crippen LogP contribution in [0.1, 0.15) is 11.1 Å². The van der Waals surface area contributed by atoms with Gasteiger partial charge in [-0.05, 0) is 75.7 Å². The quantitative estimate of drug-likeness (QED) is 0.457. The average molecular weight is 465 g/mol. The van der Waals surface area contributed by atoms with Crippen LogP contribution < -0.4 is 31.3 Å². The molecule has 0 unspecified atom stereocenters. The van der Waals surface area contributed by atoms with Gasteiger partial charge < -0.3 is 29.2 Å². The van der Waals surface area contributed by atoms with Crippen molar-refractivity contribution in [2.24, 2.45) is 0 Å². The predicted octanol–water partition coefficient (Wildman–Crippen LogP) is 0.602. The average Bonchev–Trinajstić information content (AvgIpc) is 2.77. The Hall–Kier alpha value is -3.62. The van der Waals surface area contributed by atoms with Gasteiger partial charge >= 0.3 is 0 Å². The molecule has 0 saturated heterocycles. The Morgan fingerprint density at radius 1 is 0.706 bits per heavy atom. The molecule has 0 aliphatic heterocycles. The molecule has 0 radical (unpaired) electrons. The zero-order valence-corrected chi connectivity index (χ0v) is 20.1. The highest BCUT2D eigenvalue weighted by atomic mass is 16.5. The number of nitrogens with one attached hydrogen (secondary N) is 2. The molecule has 8 nitrogen and oxygen atoms in total. The SMILES string of the molecule is CN(C)CCOc1cccc(/C=c2\[nH]c(=O)/c(=C/c3cccc(OCCN(C)C)c3)[nH]c2=O)c1. The molecule has 1 aromatic heterocycles. The van der Waals surface area contributed by atoms with Gasteiger partial charge in [0.05, 0.1) is 0 Å². The number of aromatic nitrogens is 2. The third-order valence-corrected chi connectivity index (χ3v) is 4.94. The minimum Gasteiger partial charge on any atom is -0.492 e. The minimum absolute atomic E-state index is 0.174. The van der Waals surface area contributed by atoms with Crippen LogP contribution in [-0.4, -0.2) is 74.3 Å². The molecule has 0 atom stereocenters. The van der Waals surface area contributed by atoms with E-state index in [1.54, 1.807) is 12.2 Å². The van der Waals surface area contributed by atoms with Gasteiger partial charge in [-0.25, -0.2) is 0 Å². The number of aromatic amines is 2. The Bertz CT molecular complexity index is 1220. The van der Waals surface area contributed by atoms with E-state index < -0.39 is 0 Å². The van der Waals surface area contributed by atoms with Crippen molar-refractivity contribution < 1.29 is 9.47 Å².